The molecule has 0 bridgehead atoms. The van der Waals surface area contributed by atoms with Gasteiger partial charge in [-0.2, -0.15) is 0 Å². The monoisotopic (exact) mass is 284 g/mol. The molecule has 2 aromatic carbocycles. The molecule has 108 valence electrons. The van der Waals surface area contributed by atoms with Crippen molar-refractivity contribution in [2.45, 2.75) is 12.8 Å². The lowest BCUT2D eigenvalue weighted by Crippen LogP contribution is -2.17. The molecule has 21 heavy (non-hydrogen) atoms. The van der Waals surface area contributed by atoms with Crippen LogP contribution in [0.4, 0.5) is 11.4 Å². The highest BCUT2D eigenvalue weighted by molar-refractivity contribution is 6.06. The number of carbonyl (C=O) groups is 1. The largest absolute Gasteiger partial charge is 0.504 e. The summed E-state index contributed by atoms with van der Waals surface area (Å²) in [7, 11) is 0. The van der Waals surface area contributed by atoms with Crippen LogP contribution in [-0.4, -0.2) is 22.7 Å². The number of fused-ring (bicyclic) bond motifs is 1. The second kappa shape index (κ2) is 5.36. The number of aryl methyl sites for hydroxylation is 1. The van der Waals surface area contributed by atoms with Crippen molar-refractivity contribution in [3.8, 4) is 11.5 Å². The fourth-order valence-electron chi connectivity index (χ4n) is 2.47. The van der Waals surface area contributed by atoms with Crippen molar-refractivity contribution in [3.63, 3.8) is 0 Å². The molecule has 1 heterocycles. The van der Waals surface area contributed by atoms with Crippen LogP contribution in [0.5, 0.6) is 11.5 Å². The van der Waals surface area contributed by atoms with Gasteiger partial charge in [0.2, 0.25) is 0 Å². The molecule has 1 amide bonds. The highest BCUT2D eigenvalue weighted by Crippen LogP contribution is 2.31. The fraction of sp³-hybridized carbons (Fsp3) is 0.188. The minimum atomic E-state index is -0.328. The predicted molar refractivity (Wildman–Crippen MR) is 81.0 cm³/mol. The van der Waals surface area contributed by atoms with E-state index in [0.29, 0.717) is 5.56 Å². The van der Waals surface area contributed by atoms with E-state index >= 15 is 0 Å². The lowest BCUT2D eigenvalue weighted by molar-refractivity contribution is 0.102. The second-order valence-corrected chi connectivity index (χ2v) is 5.03. The van der Waals surface area contributed by atoms with Gasteiger partial charge < -0.3 is 20.8 Å². The fourth-order valence-corrected chi connectivity index (χ4v) is 2.47. The molecule has 5 nitrogen and oxygen atoms in total. The van der Waals surface area contributed by atoms with Gasteiger partial charge in [0, 0.05) is 12.1 Å². The van der Waals surface area contributed by atoms with E-state index in [1.54, 1.807) is 0 Å². The van der Waals surface area contributed by atoms with Crippen LogP contribution >= 0.6 is 0 Å². The molecule has 0 radical (unpaired) electrons. The summed E-state index contributed by atoms with van der Waals surface area (Å²) in [5, 5.41) is 24.9. The zero-order chi connectivity index (χ0) is 14.8. The molecular weight excluding hydrogens is 268 g/mol. The van der Waals surface area contributed by atoms with E-state index in [1.165, 1.54) is 23.8 Å². The summed E-state index contributed by atoms with van der Waals surface area (Å²) in [4.78, 5) is 12.2. The summed E-state index contributed by atoms with van der Waals surface area (Å²) in [6.07, 6.45) is 2.07. The van der Waals surface area contributed by atoms with Crippen LogP contribution in [0.25, 0.3) is 0 Å². The quantitative estimate of drug-likeness (QED) is 0.639. The first-order valence-corrected chi connectivity index (χ1v) is 6.84. The van der Waals surface area contributed by atoms with Crippen molar-refractivity contribution < 1.29 is 15.0 Å². The molecule has 0 aliphatic carbocycles. The number of hydrogen-bond acceptors (Lipinski definition) is 4. The van der Waals surface area contributed by atoms with Crippen molar-refractivity contribution >= 4 is 17.3 Å². The Morgan fingerprint density at radius 3 is 2.81 bits per heavy atom. The van der Waals surface area contributed by atoms with Crippen molar-refractivity contribution in [2.24, 2.45) is 0 Å². The maximum absolute atomic E-state index is 12.2. The number of phenolic OH excluding ortho intramolecular Hbond substituents is 2. The van der Waals surface area contributed by atoms with Gasteiger partial charge in [-0.05, 0) is 42.7 Å². The standard InChI is InChI=1S/C16H16N2O3/c19-13-7-6-11(9-14(13)20)16(21)18-12-5-1-3-10-4-2-8-17-15(10)12/h1,3,5-7,9,17,19-20H,2,4,8H2,(H,18,21). The van der Waals surface area contributed by atoms with Crippen molar-refractivity contribution in [1.82, 2.24) is 0 Å². The summed E-state index contributed by atoms with van der Waals surface area (Å²) in [5.74, 6) is -0.882. The highest BCUT2D eigenvalue weighted by atomic mass is 16.3. The molecule has 0 aromatic heterocycles. The Labute approximate surface area is 122 Å². The number of amides is 1. The van der Waals surface area contributed by atoms with Gasteiger partial charge in [-0.1, -0.05) is 12.1 Å². The topological polar surface area (TPSA) is 81.6 Å². The summed E-state index contributed by atoms with van der Waals surface area (Å²) >= 11 is 0. The van der Waals surface area contributed by atoms with E-state index in [2.05, 4.69) is 10.6 Å². The molecule has 5 heteroatoms. The maximum atomic E-state index is 12.2. The molecule has 0 fully saturated rings. The predicted octanol–water partition coefficient (Wildman–Crippen LogP) is 2.71. The molecule has 2 aromatic rings. The van der Waals surface area contributed by atoms with Crippen LogP contribution in [0.2, 0.25) is 0 Å². The van der Waals surface area contributed by atoms with E-state index in [1.807, 2.05) is 18.2 Å². The van der Waals surface area contributed by atoms with Crippen LogP contribution in [-0.2, 0) is 6.42 Å². The molecule has 0 saturated carbocycles. The minimum absolute atomic E-state index is 0.245. The normalized spacial score (nSPS) is 13.1. The average molecular weight is 284 g/mol. The van der Waals surface area contributed by atoms with Gasteiger partial charge >= 0.3 is 0 Å². The Morgan fingerprint density at radius 1 is 1.14 bits per heavy atom. The molecule has 0 spiro atoms. The first-order chi connectivity index (χ1) is 10.1. The van der Waals surface area contributed by atoms with Crippen LogP contribution in [0.1, 0.15) is 22.3 Å². The van der Waals surface area contributed by atoms with Crippen LogP contribution in [0.3, 0.4) is 0 Å². The summed E-state index contributed by atoms with van der Waals surface area (Å²) < 4.78 is 0. The average Bonchev–Trinajstić information content (AvgIpc) is 2.50. The van der Waals surface area contributed by atoms with Gasteiger partial charge in [-0.15, -0.1) is 0 Å². The lowest BCUT2D eigenvalue weighted by atomic mass is 10.0. The van der Waals surface area contributed by atoms with Gasteiger partial charge in [0.15, 0.2) is 11.5 Å². The number of carbonyl (C=O) groups excluding carboxylic acids is 1. The van der Waals surface area contributed by atoms with Gasteiger partial charge in [0.05, 0.1) is 11.4 Å². The third-order valence-electron chi connectivity index (χ3n) is 3.56. The number of rotatable bonds is 2. The second-order valence-electron chi connectivity index (χ2n) is 5.03. The molecule has 3 rings (SSSR count). The maximum Gasteiger partial charge on any atom is 0.255 e. The van der Waals surface area contributed by atoms with Crippen LogP contribution < -0.4 is 10.6 Å². The number of phenols is 2. The number of benzene rings is 2. The zero-order valence-electron chi connectivity index (χ0n) is 11.4. The third kappa shape index (κ3) is 2.63. The molecule has 0 atom stereocenters. The Bertz CT molecular complexity index is 698. The van der Waals surface area contributed by atoms with Crippen molar-refractivity contribution in [3.05, 3.63) is 47.5 Å². The smallest absolute Gasteiger partial charge is 0.255 e. The summed E-state index contributed by atoms with van der Waals surface area (Å²) in [5.41, 5.74) is 3.16. The van der Waals surface area contributed by atoms with E-state index in [4.69, 9.17) is 0 Å². The first-order valence-electron chi connectivity index (χ1n) is 6.84. The number of nitrogens with one attached hydrogen (secondary N) is 2. The van der Waals surface area contributed by atoms with Crippen LogP contribution in [0, 0.1) is 0 Å². The lowest BCUT2D eigenvalue weighted by Gasteiger charge is -2.21. The molecular formula is C16H16N2O3. The number of anilines is 2. The Hall–Kier alpha value is -2.69. The highest BCUT2D eigenvalue weighted by Gasteiger charge is 2.15. The van der Waals surface area contributed by atoms with E-state index < -0.39 is 0 Å². The number of para-hydroxylation sites is 1. The molecule has 0 saturated heterocycles. The number of aromatic hydroxyl groups is 2. The SMILES string of the molecule is O=C(Nc1cccc2c1NCCC2)c1ccc(O)c(O)c1. The molecule has 0 unspecified atom stereocenters. The minimum Gasteiger partial charge on any atom is -0.504 e. The van der Waals surface area contributed by atoms with E-state index in [0.717, 1.165) is 30.8 Å². The van der Waals surface area contributed by atoms with Gasteiger partial charge in [0.1, 0.15) is 0 Å². The summed E-state index contributed by atoms with van der Waals surface area (Å²) in [6, 6.07) is 9.80. The zero-order valence-corrected chi connectivity index (χ0v) is 11.4. The van der Waals surface area contributed by atoms with E-state index in [9.17, 15) is 15.0 Å². The summed E-state index contributed by atoms with van der Waals surface area (Å²) in [6.45, 7) is 0.889. The Kier molecular flexibility index (Phi) is 3.39. The van der Waals surface area contributed by atoms with Gasteiger partial charge in [-0.3, -0.25) is 4.79 Å². The van der Waals surface area contributed by atoms with Gasteiger partial charge in [0.25, 0.3) is 5.91 Å². The molecule has 1 aliphatic rings. The van der Waals surface area contributed by atoms with Crippen LogP contribution in [0.15, 0.2) is 36.4 Å². The van der Waals surface area contributed by atoms with E-state index in [-0.39, 0.29) is 17.4 Å². The van der Waals surface area contributed by atoms with Crippen molar-refractivity contribution in [1.29, 1.82) is 0 Å². The first kappa shape index (κ1) is 13.3. The van der Waals surface area contributed by atoms with Crippen molar-refractivity contribution in [2.75, 3.05) is 17.2 Å². The number of hydrogen-bond donors (Lipinski definition) is 4. The molecule has 4 N–H and O–H groups in total. The third-order valence-corrected chi connectivity index (χ3v) is 3.56. The molecule has 1 aliphatic heterocycles. The van der Waals surface area contributed by atoms with Gasteiger partial charge in [-0.25, -0.2) is 0 Å². The Morgan fingerprint density at radius 2 is 2.00 bits per heavy atom. The Balaban J connectivity index is 1.86.